The number of carbonyl (C=O) groups is 3. The van der Waals surface area contributed by atoms with Gasteiger partial charge in [0.25, 0.3) is 11.7 Å². The van der Waals surface area contributed by atoms with Crippen LogP contribution in [0.1, 0.15) is 40.6 Å². The molecule has 3 N–H and O–H groups in total. The second-order valence-electron chi connectivity index (χ2n) is 5.02. The molecule has 0 fully saturated rings. The van der Waals surface area contributed by atoms with Gasteiger partial charge in [-0.2, -0.15) is 0 Å². The maximum absolute atomic E-state index is 12.1. The van der Waals surface area contributed by atoms with Crippen LogP contribution in [-0.4, -0.2) is 22.8 Å². The summed E-state index contributed by atoms with van der Waals surface area (Å²) in [7, 11) is 0. The first-order chi connectivity index (χ1) is 10.4. The second kappa shape index (κ2) is 6.70. The molecule has 1 heterocycles. The summed E-state index contributed by atoms with van der Waals surface area (Å²) < 4.78 is 0.934. The summed E-state index contributed by atoms with van der Waals surface area (Å²) >= 11 is 1.48. The summed E-state index contributed by atoms with van der Waals surface area (Å²) in [4.78, 5) is 34.7. The lowest BCUT2D eigenvalue weighted by Crippen LogP contribution is -2.23. The Kier molecular flexibility index (Phi) is 4.92. The topological polar surface area (TPSA) is 97.5 Å². The first-order valence-electron chi connectivity index (χ1n) is 7.04. The van der Waals surface area contributed by atoms with Gasteiger partial charge < -0.3 is 10.8 Å². The van der Waals surface area contributed by atoms with E-state index in [1.54, 1.807) is 0 Å². The van der Waals surface area contributed by atoms with Gasteiger partial charge in [-0.25, -0.2) is 0 Å². The molecule has 2 rings (SSSR count). The van der Waals surface area contributed by atoms with Crippen molar-refractivity contribution in [1.29, 1.82) is 0 Å². The van der Waals surface area contributed by atoms with Crippen LogP contribution in [-0.2, 0) is 22.4 Å². The lowest BCUT2D eigenvalue weighted by Gasteiger charge is -2.02. The van der Waals surface area contributed by atoms with E-state index in [0.29, 0.717) is 24.8 Å². The number of aryl methyl sites for hydroxylation is 2. The van der Waals surface area contributed by atoms with Crippen molar-refractivity contribution in [2.45, 2.75) is 32.6 Å². The van der Waals surface area contributed by atoms with E-state index in [9.17, 15) is 14.4 Å². The van der Waals surface area contributed by atoms with Gasteiger partial charge in [0, 0.05) is 26.9 Å². The molecule has 0 aliphatic heterocycles. The lowest BCUT2D eigenvalue weighted by atomic mass is 10.0. The minimum atomic E-state index is -0.953. The zero-order chi connectivity index (χ0) is 16.3. The van der Waals surface area contributed by atoms with Crippen molar-refractivity contribution in [1.82, 2.24) is 0 Å². The third-order valence-electron chi connectivity index (χ3n) is 3.45. The predicted molar refractivity (Wildman–Crippen MR) is 85.3 cm³/mol. The number of Topliss-reactive ketones (excluding diaryl/α,β-unsaturated/α-hetero) is 1. The van der Waals surface area contributed by atoms with Crippen molar-refractivity contribution in [2.75, 3.05) is 0 Å². The molecule has 0 bridgehead atoms. The molecular weight excluding hydrogens is 302 g/mol. The Morgan fingerprint density at radius 1 is 1.27 bits per heavy atom. The number of fused-ring (bicyclic) bond motifs is 1. The predicted octanol–water partition coefficient (Wildman–Crippen LogP) is 2.54. The molecule has 0 saturated carbocycles. The van der Waals surface area contributed by atoms with E-state index in [2.05, 4.69) is 0 Å². The summed E-state index contributed by atoms with van der Waals surface area (Å²) in [6, 6.07) is 5.70. The largest absolute Gasteiger partial charge is 0.481 e. The highest BCUT2D eigenvalue weighted by molar-refractivity contribution is 7.19. The van der Waals surface area contributed by atoms with Crippen LogP contribution in [0.3, 0.4) is 0 Å². The Bertz CT molecular complexity index is 748. The molecule has 5 nitrogen and oxygen atoms in total. The van der Waals surface area contributed by atoms with Crippen LogP contribution in [0.5, 0.6) is 0 Å². The van der Waals surface area contributed by atoms with E-state index in [1.165, 1.54) is 11.3 Å². The lowest BCUT2D eigenvalue weighted by molar-refractivity contribution is -0.137. The van der Waals surface area contributed by atoms with Crippen LogP contribution in [0.4, 0.5) is 0 Å². The SMILES string of the molecule is CCc1sc2ccc(CCCC(=O)O)cc2c1C(=O)C(N)=O. The Morgan fingerprint density at radius 2 is 2.00 bits per heavy atom. The van der Waals surface area contributed by atoms with Gasteiger partial charge in [0.05, 0.1) is 0 Å². The van der Waals surface area contributed by atoms with Crippen LogP contribution in [0.25, 0.3) is 10.1 Å². The van der Waals surface area contributed by atoms with Gasteiger partial charge in [-0.3, -0.25) is 14.4 Å². The highest BCUT2D eigenvalue weighted by Crippen LogP contribution is 2.33. The number of carboxylic acids is 1. The molecule has 0 aliphatic carbocycles. The number of hydrogen-bond acceptors (Lipinski definition) is 4. The number of thiophene rings is 1. The molecule has 0 unspecified atom stereocenters. The monoisotopic (exact) mass is 319 g/mol. The Balaban J connectivity index is 2.41. The van der Waals surface area contributed by atoms with Gasteiger partial charge in [0.1, 0.15) is 0 Å². The first-order valence-corrected chi connectivity index (χ1v) is 7.86. The van der Waals surface area contributed by atoms with Crippen molar-refractivity contribution in [2.24, 2.45) is 5.73 Å². The molecule has 116 valence electrons. The molecule has 1 aromatic carbocycles. The summed E-state index contributed by atoms with van der Waals surface area (Å²) in [5.41, 5.74) is 6.49. The molecule has 0 spiro atoms. The van der Waals surface area contributed by atoms with Gasteiger partial charge in [0.15, 0.2) is 0 Å². The average molecular weight is 319 g/mol. The number of hydrogen-bond donors (Lipinski definition) is 2. The molecular formula is C16H17NO4S. The number of amides is 1. The van der Waals surface area contributed by atoms with E-state index < -0.39 is 17.7 Å². The summed E-state index contributed by atoms with van der Waals surface area (Å²) in [6.07, 6.45) is 1.91. The van der Waals surface area contributed by atoms with E-state index in [4.69, 9.17) is 10.8 Å². The van der Waals surface area contributed by atoms with Gasteiger partial charge in [0.2, 0.25) is 0 Å². The number of ketones is 1. The third-order valence-corrected chi connectivity index (χ3v) is 4.77. The normalized spacial score (nSPS) is 10.8. The quantitative estimate of drug-likeness (QED) is 0.605. The molecule has 0 atom stereocenters. The van der Waals surface area contributed by atoms with Crippen molar-refractivity contribution in [3.8, 4) is 0 Å². The minimum Gasteiger partial charge on any atom is -0.481 e. The van der Waals surface area contributed by atoms with E-state index in [0.717, 1.165) is 20.5 Å². The maximum atomic E-state index is 12.1. The molecule has 0 radical (unpaired) electrons. The molecule has 0 saturated heterocycles. The van der Waals surface area contributed by atoms with Crippen LogP contribution < -0.4 is 5.73 Å². The van der Waals surface area contributed by atoms with E-state index in [-0.39, 0.29) is 6.42 Å². The number of rotatable bonds is 7. The van der Waals surface area contributed by atoms with Gasteiger partial charge in [-0.05, 0) is 37.0 Å². The standard InChI is InChI=1S/C16H17NO4S/c1-2-11-14(15(20)16(17)21)10-8-9(4-3-5-13(18)19)6-7-12(10)22-11/h6-8H,2-5H2,1H3,(H2,17,21)(H,18,19). The minimum absolute atomic E-state index is 0.106. The number of primary amides is 1. The van der Waals surface area contributed by atoms with Gasteiger partial charge >= 0.3 is 5.97 Å². The summed E-state index contributed by atoms with van der Waals surface area (Å²) in [6.45, 7) is 1.93. The number of nitrogens with two attached hydrogens (primary N) is 1. The smallest absolute Gasteiger partial charge is 0.303 e. The highest BCUT2D eigenvalue weighted by Gasteiger charge is 2.22. The molecule has 22 heavy (non-hydrogen) atoms. The fourth-order valence-corrected chi connectivity index (χ4v) is 3.54. The summed E-state index contributed by atoms with van der Waals surface area (Å²) in [5.74, 6) is -2.44. The molecule has 6 heteroatoms. The molecule has 2 aromatic rings. The Hall–Kier alpha value is -2.21. The van der Waals surface area contributed by atoms with Crippen LogP contribution in [0.2, 0.25) is 0 Å². The third kappa shape index (κ3) is 3.33. The fourth-order valence-electron chi connectivity index (χ4n) is 2.42. The van der Waals surface area contributed by atoms with Crippen molar-refractivity contribution in [3.63, 3.8) is 0 Å². The maximum Gasteiger partial charge on any atom is 0.303 e. The second-order valence-corrected chi connectivity index (χ2v) is 6.16. The molecule has 0 aliphatic rings. The molecule has 1 amide bonds. The molecule has 1 aromatic heterocycles. The average Bonchev–Trinajstić information content (AvgIpc) is 2.83. The van der Waals surface area contributed by atoms with E-state index in [1.807, 2.05) is 25.1 Å². The zero-order valence-electron chi connectivity index (χ0n) is 12.2. The summed E-state index contributed by atoms with van der Waals surface area (Å²) in [5, 5.41) is 9.42. The fraction of sp³-hybridized carbons (Fsp3) is 0.312. The Labute approximate surface area is 131 Å². The van der Waals surface area contributed by atoms with Crippen molar-refractivity contribution in [3.05, 3.63) is 34.2 Å². The zero-order valence-corrected chi connectivity index (χ0v) is 13.0. The number of benzene rings is 1. The first kappa shape index (κ1) is 16.2. The van der Waals surface area contributed by atoms with Crippen LogP contribution in [0.15, 0.2) is 18.2 Å². The van der Waals surface area contributed by atoms with E-state index >= 15 is 0 Å². The number of carbonyl (C=O) groups excluding carboxylic acids is 2. The van der Waals surface area contributed by atoms with Crippen LogP contribution in [0, 0.1) is 0 Å². The number of carboxylic acid groups (broad SMARTS) is 1. The number of aliphatic carboxylic acids is 1. The van der Waals surface area contributed by atoms with Gasteiger partial charge in [-0.1, -0.05) is 13.0 Å². The van der Waals surface area contributed by atoms with Crippen LogP contribution >= 0.6 is 11.3 Å². The Morgan fingerprint density at radius 3 is 2.59 bits per heavy atom. The van der Waals surface area contributed by atoms with Crippen molar-refractivity contribution >= 4 is 39.1 Å². The van der Waals surface area contributed by atoms with Gasteiger partial charge in [-0.15, -0.1) is 11.3 Å². The highest BCUT2D eigenvalue weighted by atomic mass is 32.1. The van der Waals surface area contributed by atoms with Crippen molar-refractivity contribution < 1.29 is 19.5 Å².